The van der Waals surface area contributed by atoms with Crippen molar-refractivity contribution in [2.45, 2.75) is 6.54 Å². The molecular weight excluding hydrogens is 232 g/mol. The summed E-state index contributed by atoms with van der Waals surface area (Å²) in [6.07, 6.45) is 3.25. The Kier molecular flexibility index (Phi) is 3.31. The second-order valence-corrected chi connectivity index (χ2v) is 4.16. The molecule has 0 radical (unpaired) electrons. The number of nitrogens with one attached hydrogen (secondary N) is 2. The average Bonchev–Trinajstić information content (AvgIpc) is 2.94. The zero-order valence-electron chi connectivity index (χ0n) is 10.6. The van der Waals surface area contributed by atoms with Gasteiger partial charge in [-0.1, -0.05) is 0 Å². The number of H-pyrrole nitrogens is 1. The third-order valence-electron chi connectivity index (χ3n) is 2.64. The van der Waals surface area contributed by atoms with E-state index in [4.69, 9.17) is 0 Å². The van der Waals surface area contributed by atoms with Crippen LogP contribution in [0.5, 0.6) is 0 Å². The molecule has 0 aliphatic heterocycles. The van der Waals surface area contributed by atoms with Gasteiger partial charge in [-0.25, -0.2) is 0 Å². The first-order valence-corrected chi connectivity index (χ1v) is 5.55. The molecule has 2 rings (SSSR count). The van der Waals surface area contributed by atoms with Crippen molar-refractivity contribution in [2.75, 3.05) is 19.4 Å². The van der Waals surface area contributed by atoms with Gasteiger partial charge >= 0.3 is 0 Å². The van der Waals surface area contributed by atoms with Crippen molar-refractivity contribution in [2.24, 2.45) is 7.05 Å². The number of nitrogens with zero attached hydrogens (tertiary/aromatic N) is 4. The van der Waals surface area contributed by atoms with E-state index in [1.807, 2.05) is 13.1 Å². The molecule has 7 heteroatoms. The Bertz CT molecular complexity index is 541. The van der Waals surface area contributed by atoms with Crippen molar-refractivity contribution in [3.05, 3.63) is 29.7 Å². The molecule has 7 nitrogen and oxygen atoms in total. The quantitative estimate of drug-likeness (QED) is 0.823. The van der Waals surface area contributed by atoms with Crippen LogP contribution in [0.4, 0.5) is 5.82 Å². The van der Waals surface area contributed by atoms with Crippen molar-refractivity contribution in [3.63, 3.8) is 0 Å². The lowest BCUT2D eigenvalue weighted by Gasteiger charge is -2.11. The monoisotopic (exact) mass is 248 g/mol. The number of aryl methyl sites for hydroxylation is 1. The number of anilines is 1. The predicted octanol–water partition coefficient (Wildman–Crippen LogP) is 0.457. The maximum atomic E-state index is 11.9. The third-order valence-corrected chi connectivity index (χ3v) is 2.64. The number of hydrogen-bond acceptors (Lipinski definition) is 4. The number of aromatic amines is 1. The first kappa shape index (κ1) is 12.2. The van der Waals surface area contributed by atoms with Crippen LogP contribution < -0.4 is 5.32 Å². The number of carbonyl (C=O) groups is 1. The van der Waals surface area contributed by atoms with E-state index in [0.717, 1.165) is 5.69 Å². The number of aromatic nitrogens is 4. The third kappa shape index (κ3) is 2.34. The molecule has 0 unspecified atom stereocenters. The lowest BCUT2D eigenvalue weighted by Crippen LogP contribution is -2.22. The van der Waals surface area contributed by atoms with Gasteiger partial charge < -0.3 is 10.2 Å². The summed E-state index contributed by atoms with van der Waals surface area (Å²) < 4.78 is 1.77. The van der Waals surface area contributed by atoms with Gasteiger partial charge in [0.2, 0.25) is 0 Å². The van der Waals surface area contributed by atoms with Crippen LogP contribution in [0.15, 0.2) is 18.5 Å². The van der Waals surface area contributed by atoms with E-state index >= 15 is 0 Å². The molecule has 0 saturated carbocycles. The van der Waals surface area contributed by atoms with Crippen LogP contribution in [0.1, 0.15) is 16.1 Å². The summed E-state index contributed by atoms with van der Waals surface area (Å²) in [6, 6.07) is 1.91. The molecule has 96 valence electrons. The normalized spacial score (nSPS) is 10.4. The maximum Gasteiger partial charge on any atom is 0.258 e. The molecule has 18 heavy (non-hydrogen) atoms. The number of rotatable bonds is 4. The molecule has 0 fully saturated rings. The minimum atomic E-state index is -0.0868. The second kappa shape index (κ2) is 4.91. The van der Waals surface area contributed by atoms with E-state index in [9.17, 15) is 4.79 Å². The van der Waals surface area contributed by atoms with Gasteiger partial charge in [0.05, 0.1) is 18.4 Å². The van der Waals surface area contributed by atoms with Crippen LogP contribution in [-0.2, 0) is 13.6 Å². The average molecular weight is 248 g/mol. The van der Waals surface area contributed by atoms with Gasteiger partial charge in [0.1, 0.15) is 11.4 Å². The molecule has 2 aromatic heterocycles. The van der Waals surface area contributed by atoms with Crippen LogP contribution in [0, 0.1) is 0 Å². The molecule has 0 bridgehead atoms. The Hall–Kier alpha value is -2.31. The molecule has 0 atom stereocenters. The van der Waals surface area contributed by atoms with Crippen molar-refractivity contribution in [1.82, 2.24) is 24.9 Å². The fourth-order valence-electron chi connectivity index (χ4n) is 1.58. The molecule has 0 saturated heterocycles. The Morgan fingerprint density at radius 1 is 1.56 bits per heavy atom. The summed E-state index contributed by atoms with van der Waals surface area (Å²) in [6.45, 7) is 0.576. The minimum absolute atomic E-state index is 0.0868. The van der Waals surface area contributed by atoms with Gasteiger partial charge in [0.15, 0.2) is 0 Å². The molecular formula is C11H16N6O. The van der Waals surface area contributed by atoms with Crippen LogP contribution >= 0.6 is 0 Å². The van der Waals surface area contributed by atoms with Gasteiger partial charge in [-0.15, -0.1) is 0 Å². The Morgan fingerprint density at radius 3 is 2.94 bits per heavy atom. The van der Waals surface area contributed by atoms with Crippen LogP contribution in [0.25, 0.3) is 0 Å². The highest BCUT2D eigenvalue weighted by Gasteiger charge is 2.15. The van der Waals surface area contributed by atoms with Gasteiger partial charge in [0, 0.05) is 27.3 Å². The molecule has 2 heterocycles. The summed E-state index contributed by atoms with van der Waals surface area (Å²) in [4.78, 5) is 13.4. The lowest BCUT2D eigenvalue weighted by atomic mass is 10.3. The summed E-state index contributed by atoms with van der Waals surface area (Å²) in [5.41, 5.74) is 1.55. The Balaban J connectivity index is 2.09. The van der Waals surface area contributed by atoms with Crippen LogP contribution in [-0.4, -0.2) is 44.9 Å². The van der Waals surface area contributed by atoms with Crippen molar-refractivity contribution in [3.8, 4) is 0 Å². The minimum Gasteiger partial charge on any atom is -0.364 e. The smallest absolute Gasteiger partial charge is 0.258 e. The van der Waals surface area contributed by atoms with Crippen molar-refractivity contribution < 1.29 is 4.79 Å². The summed E-state index contributed by atoms with van der Waals surface area (Å²) in [7, 11) is 5.29. The van der Waals surface area contributed by atoms with Crippen molar-refractivity contribution >= 4 is 11.7 Å². The Labute approximate surface area is 105 Å². The van der Waals surface area contributed by atoms with E-state index in [1.54, 1.807) is 25.0 Å². The fourth-order valence-corrected chi connectivity index (χ4v) is 1.58. The molecule has 2 N–H and O–H groups in total. The van der Waals surface area contributed by atoms with E-state index in [1.165, 1.54) is 11.1 Å². The topological polar surface area (TPSA) is 78.8 Å². The SMILES string of the molecule is CN(C)C(=O)c1cn[nH]c1NCc1ccnn1C. The molecule has 0 aromatic carbocycles. The van der Waals surface area contributed by atoms with Gasteiger partial charge in [-0.2, -0.15) is 10.2 Å². The number of hydrogen-bond donors (Lipinski definition) is 2. The first-order valence-electron chi connectivity index (χ1n) is 5.55. The van der Waals surface area contributed by atoms with E-state index in [0.29, 0.717) is 17.9 Å². The first-order chi connectivity index (χ1) is 8.59. The lowest BCUT2D eigenvalue weighted by molar-refractivity contribution is 0.0828. The largest absolute Gasteiger partial charge is 0.364 e. The highest BCUT2D eigenvalue weighted by molar-refractivity contribution is 5.98. The molecule has 0 spiro atoms. The summed E-state index contributed by atoms with van der Waals surface area (Å²) >= 11 is 0. The Morgan fingerprint density at radius 2 is 2.33 bits per heavy atom. The van der Waals surface area contributed by atoms with Crippen LogP contribution in [0.2, 0.25) is 0 Å². The molecule has 1 amide bonds. The number of amides is 1. The maximum absolute atomic E-state index is 11.9. The zero-order chi connectivity index (χ0) is 13.1. The molecule has 0 aliphatic carbocycles. The summed E-state index contributed by atoms with van der Waals surface area (Å²) in [5.74, 6) is 0.533. The molecule has 0 aliphatic rings. The van der Waals surface area contributed by atoms with Gasteiger partial charge in [-0.3, -0.25) is 14.6 Å². The fraction of sp³-hybridized carbons (Fsp3) is 0.364. The van der Waals surface area contributed by atoms with E-state index < -0.39 is 0 Å². The standard InChI is InChI=1S/C11H16N6O/c1-16(2)11(18)9-7-13-15-10(9)12-6-8-4-5-14-17(8)3/h4-5,7H,6H2,1-3H3,(H2,12,13,15). The predicted molar refractivity (Wildman–Crippen MR) is 67.1 cm³/mol. The van der Waals surface area contributed by atoms with Crippen molar-refractivity contribution in [1.29, 1.82) is 0 Å². The zero-order valence-corrected chi connectivity index (χ0v) is 10.6. The van der Waals surface area contributed by atoms with Crippen LogP contribution in [0.3, 0.4) is 0 Å². The second-order valence-electron chi connectivity index (χ2n) is 4.16. The molecule has 2 aromatic rings. The summed E-state index contributed by atoms with van der Waals surface area (Å²) in [5, 5.41) is 13.9. The van der Waals surface area contributed by atoms with Gasteiger partial charge in [-0.05, 0) is 6.07 Å². The van der Waals surface area contributed by atoms with E-state index in [-0.39, 0.29) is 5.91 Å². The highest BCUT2D eigenvalue weighted by atomic mass is 16.2. The highest BCUT2D eigenvalue weighted by Crippen LogP contribution is 2.13. The van der Waals surface area contributed by atoms with E-state index in [2.05, 4.69) is 20.6 Å². The van der Waals surface area contributed by atoms with Gasteiger partial charge in [0.25, 0.3) is 5.91 Å². The number of carbonyl (C=O) groups excluding carboxylic acids is 1.